The van der Waals surface area contributed by atoms with Crippen LogP contribution in [0.5, 0.6) is 0 Å². The second kappa shape index (κ2) is 7.43. The fraction of sp³-hybridized carbons (Fsp3) is 0.231. The fourth-order valence-corrected chi connectivity index (χ4v) is 5.63. The van der Waals surface area contributed by atoms with Crippen molar-refractivity contribution in [2.45, 2.75) is 19.1 Å². The molecule has 0 aliphatic carbocycles. The van der Waals surface area contributed by atoms with E-state index in [9.17, 15) is 22.8 Å². The molecule has 1 aromatic carbocycles. The number of carboxylic acids is 1. The van der Waals surface area contributed by atoms with E-state index in [1.165, 1.54) is 12.1 Å². The van der Waals surface area contributed by atoms with E-state index in [2.05, 4.69) is 8.46 Å². The van der Waals surface area contributed by atoms with Gasteiger partial charge < -0.3 is 10.4 Å². The third kappa shape index (κ3) is 5.03. The summed E-state index contributed by atoms with van der Waals surface area (Å²) in [5.74, 6) is -1.52. The molecule has 1 amide bonds. The van der Waals surface area contributed by atoms with Crippen LogP contribution in [-0.4, -0.2) is 17.0 Å². The van der Waals surface area contributed by atoms with Crippen molar-refractivity contribution in [3.8, 4) is 0 Å². The van der Waals surface area contributed by atoms with E-state index in [-0.39, 0.29) is 23.6 Å². The molecule has 0 bridgehead atoms. The van der Waals surface area contributed by atoms with E-state index in [0.717, 1.165) is 21.1 Å². The van der Waals surface area contributed by atoms with Gasteiger partial charge in [0.1, 0.15) is 4.91 Å². The molecular weight excluding hydrogens is 448 g/mol. The molecular formula is C13H10F3IN2O3S. The summed E-state index contributed by atoms with van der Waals surface area (Å²) in [5.41, 5.74) is 0.0266. The molecule has 23 heavy (non-hydrogen) atoms. The fourth-order valence-electron chi connectivity index (χ4n) is 1.67. The topological polar surface area (TPSA) is 78.8 Å². The monoisotopic (exact) mass is 458 g/mol. The van der Waals surface area contributed by atoms with Gasteiger partial charge in [0, 0.05) is 6.54 Å². The largest absolute Gasteiger partial charge is 0.477 e. The predicted molar refractivity (Wildman–Crippen MR) is 86.6 cm³/mol. The molecule has 2 N–H and O–H groups in total. The highest BCUT2D eigenvalue weighted by molar-refractivity contribution is 14.2. The second-order valence-corrected chi connectivity index (χ2v) is 8.15. The number of alkyl halides is 3. The first kappa shape index (κ1) is 17.9. The Kier molecular flexibility index (Phi) is 5.79. The van der Waals surface area contributed by atoms with Crippen molar-refractivity contribution in [1.29, 1.82) is 0 Å². The zero-order valence-electron chi connectivity index (χ0n) is 11.4. The van der Waals surface area contributed by atoms with Crippen LogP contribution in [0.2, 0.25) is 0 Å². The van der Waals surface area contributed by atoms with Gasteiger partial charge in [-0.3, -0.25) is 4.79 Å². The lowest BCUT2D eigenvalue weighted by Crippen LogP contribution is -2.23. The number of benzene rings is 1. The van der Waals surface area contributed by atoms with E-state index >= 15 is 0 Å². The Morgan fingerprint density at radius 3 is 2.48 bits per heavy atom. The number of carboxylic acid groups (broad SMARTS) is 1. The van der Waals surface area contributed by atoms with Crippen LogP contribution in [0.1, 0.15) is 17.5 Å². The first-order valence-corrected chi connectivity index (χ1v) is 10.5. The maximum absolute atomic E-state index is 12.4. The van der Waals surface area contributed by atoms with E-state index in [0.29, 0.717) is 5.56 Å². The van der Waals surface area contributed by atoms with E-state index < -0.39 is 43.3 Å². The first-order chi connectivity index (χ1) is 10.8. The normalized spacial score (nSPS) is 14.6. The van der Waals surface area contributed by atoms with Crippen LogP contribution >= 0.6 is 28.6 Å². The van der Waals surface area contributed by atoms with Crippen LogP contribution in [0.4, 0.5) is 13.2 Å². The average molecular weight is 458 g/mol. The lowest BCUT2D eigenvalue weighted by Gasteiger charge is -2.08. The summed E-state index contributed by atoms with van der Waals surface area (Å²) in [5, 5.41) is 11.5. The van der Waals surface area contributed by atoms with Gasteiger partial charge in [-0.1, -0.05) is 12.1 Å². The zero-order valence-corrected chi connectivity index (χ0v) is 14.3. The highest BCUT2D eigenvalue weighted by Crippen LogP contribution is 2.42. The van der Waals surface area contributed by atoms with Crippen molar-refractivity contribution in [3.63, 3.8) is 0 Å². The molecule has 0 aromatic heterocycles. The maximum Gasteiger partial charge on any atom is 0.416 e. The van der Waals surface area contributed by atoms with E-state index in [4.69, 9.17) is 5.11 Å². The van der Waals surface area contributed by atoms with Gasteiger partial charge in [-0.15, -0.1) is 0 Å². The van der Waals surface area contributed by atoms with E-state index in [1.807, 2.05) is 0 Å². The van der Waals surface area contributed by atoms with Crippen molar-refractivity contribution in [2.24, 2.45) is 3.15 Å². The number of nitrogens with zero attached hydrogens (tertiary/aromatic N) is 1. The molecule has 5 nitrogen and oxygen atoms in total. The lowest BCUT2D eigenvalue weighted by molar-refractivity contribution is -0.137. The standard InChI is InChI=1S/C13H10F3IN2O3S/c14-13(15,16)8-3-1-7(2-4-8)6-18-10(20)5-9-11(12(21)22)23-17-19-9/h1-4H,5-6H2,(H,18,20)(H,21,22). The Bertz CT molecular complexity index is 687. The molecule has 0 saturated heterocycles. The molecule has 1 aliphatic rings. The van der Waals surface area contributed by atoms with Gasteiger partial charge in [0.25, 0.3) is 0 Å². The summed E-state index contributed by atoms with van der Waals surface area (Å²) in [6.07, 6.45) is -4.54. The third-order valence-electron chi connectivity index (χ3n) is 2.80. The van der Waals surface area contributed by atoms with Gasteiger partial charge in [-0.2, -0.15) is 13.2 Å². The van der Waals surface area contributed by atoms with Crippen LogP contribution in [-0.2, 0) is 22.3 Å². The molecule has 124 valence electrons. The molecule has 0 spiro atoms. The Labute approximate surface area is 141 Å². The molecule has 2 rings (SSSR count). The Morgan fingerprint density at radius 2 is 1.91 bits per heavy atom. The lowest BCUT2D eigenvalue weighted by atomic mass is 10.1. The number of hydrogen-bond donors (Lipinski definition) is 2. The van der Waals surface area contributed by atoms with E-state index in [1.54, 1.807) is 0 Å². The summed E-state index contributed by atoms with van der Waals surface area (Å²) in [6, 6.07) is 4.46. The van der Waals surface area contributed by atoms with Gasteiger partial charge in [0.05, 0.1) is 37.3 Å². The van der Waals surface area contributed by atoms with Gasteiger partial charge in [0.15, 0.2) is 0 Å². The molecule has 0 radical (unpaired) electrons. The average Bonchev–Trinajstić information content (AvgIpc) is 2.93. The molecule has 0 atom stereocenters. The first-order valence-electron chi connectivity index (χ1n) is 6.19. The molecule has 1 aromatic rings. The highest BCUT2D eigenvalue weighted by atomic mass is 127. The smallest absolute Gasteiger partial charge is 0.416 e. The van der Waals surface area contributed by atoms with Crippen molar-refractivity contribution in [1.82, 2.24) is 5.32 Å². The van der Waals surface area contributed by atoms with Gasteiger partial charge in [0.2, 0.25) is 5.91 Å². The molecule has 1 heterocycles. The van der Waals surface area contributed by atoms with Crippen LogP contribution in [0.25, 0.3) is 0 Å². The second-order valence-electron chi connectivity index (χ2n) is 4.46. The number of carbonyl (C=O) groups excluding carboxylic acids is 1. The number of nitrogens with one attached hydrogen (secondary N) is 1. The van der Waals surface area contributed by atoms with Crippen molar-refractivity contribution < 1.29 is 27.9 Å². The van der Waals surface area contributed by atoms with Crippen LogP contribution in [0, 0.1) is 0 Å². The summed E-state index contributed by atoms with van der Waals surface area (Å²) >= 11 is -0.673. The Morgan fingerprint density at radius 1 is 1.26 bits per heavy atom. The summed E-state index contributed by atoms with van der Waals surface area (Å²) in [6.45, 7) is 0.0643. The van der Waals surface area contributed by atoms with Crippen LogP contribution in [0.3, 0.4) is 0 Å². The SMILES string of the molecule is O=C(CC1=C(C(=O)O)SI=N1)NCc1ccc(C(F)(F)F)cc1. The Hall–Kier alpha value is -1.43. The minimum Gasteiger partial charge on any atom is -0.477 e. The van der Waals surface area contributed by atoms with Gasteiger partial charge >= 0.3 is 12.1 Å². The minimum absolute atomic E-state index is 0.0643. The third-order valence-corrected chi connectivity index (χ3v) is 6.59. The van der Waals surface area contributed by atoms with Crippen molar-refractivity contribution >= 4 is 40.5 Å². The molecule has 0 fully saturated rings. The molecule has 0 saturated carbocycles. The zero-order chi connectivity index (χ0) is 17.0. The summed E-state index contributed by atoms with van der Waals surface area (Å²) in [7, 11) is 1.16. The number of aliphatic carboxylic acids is 1. The van der Waals surface area contributed by atoms with Crippen LogP contribution in [0.15, 0.2) is 38.0 Å². The minimum atomic E-state index is -4.40. The van der Waals surface area contributed by atoms with Crippen molar-refractivity contribution in [2.75, 3.05) is 0 Å². The Balaban J connectivity index is 1.91. The maximum atomic E-state index is 12.4. The molecule has 1 aliphatic heterocycles. The number of rotatable bonds is 5. The summed E-state index contributed by atoms with van der Waals surface area (Å²) in [4.78, 5) is 22.8. The summed E-state index contributed by atoms with van der Waals surface area (Å²) < 4.78 is 41.3. The number of amides is 1. The predicted octanol–water partition coefficient (Wildman–Crippen LogP) is 3.82. The number of hydrogen-bond acceptors (Lipinski definition) is 4. The molecule has 10 heteroatoms. The molecule has 0 unspecified atom stereocenters. The number of halogens is 4. The van der Waals surface area contributed by atoms with Crippen molar-refractivity contribution in [3.05, 3.63) is 46.0 Å². The van der Waals surface area contributed by atoms with Crippen LogP contribution < -0.4 is 5.32 Å². The highest BCUT2D eigenvalue weighted by Gasteiger charge is 2.29. The van der Waals surface area contributed by atoms with Gasteiger partial charge in [-0.05, 0) is 26.6 Å². The number of carbonyl (C=O) groups is 2. The quantitative estimate of drug-likeness (QED) is 0.658. The van der Waals surface area contributed by atoms with Gasteiger partial charge in [-0.25, -0.2) is 7.94 Å².